The van der Waals surface area contributed by atoms with Gasteiger partial charge < -0.3 is 10.1 Å². The maximum atomic E-state index is 13.8. The van der Waals surface area contributed by atoms with E-state index in [0.29, 0.717) is 37.2 Å². The number of benzene rings is 2. The topological polar surface area (TPSA) is 92.8 Å². The van der Waals surface area contributed by atoms with E-state index in [0.717, 1.165) is 25.7 Å². The molecule has 33 heavy (non-hydrogen) atoms. The third kappa shape index (κ3) is 4.94. The van der Waals surface area contributed by atoms with E-state index in [1.165, 1.54) is 28.6 Å². The summed E-state index contributed by atoms with van der Waals surface area (Å²) in [6.07, 6.45) is 4.36. The number of sulfonamides is 1. The Bertz CT molecular complexity index is 1140. The lowest BCUT2D eigenvalue weighted by Gasteiger charge is -2.27. The zero-order chi connectivity index (χ0) is 23.5. The summed E-state index contributed by atoms with van der Waals surface area (Å²) in [4.78, 5) is 25.5. The average molecular weight is 475 g/mol. The molecule has 1 saturated carbocycles. The van der Waals surface area contributed by atoms with E-state index in [1.807, 2.05) is 0 Å². The van der Waals surface area contributed by atoms with Crippen molar-refractivity contribution in [3.63, 3.8) is 0 Å². The summed E-state index contributed by atoms with van der Waals surface area (Å²) >= 11 is 0. The number of nitrogens with zero attached hydrogens (tertiary/aromatic N) is 1. The molecule has 0 aromatic heterocycles. The van der Waals surface area contributed by atoms with E-state index in [2.05, 4.69) is 5.32 Å². The van der Waals surface area contributed by atoms with E-state index < -0.39 is 39.7 Å². The number of rotatable bonds is 7. The van der Waals surface area contributed by atoms with Crippen LogP contribution in [0.2, 0.25) is 0 Å². The first kappa shape index (κ1) is 23.4. The molecule has 2 aliphatic rings. The Hall–Kier alpha value is -2.78. The molecule has 2 aromatic rings. The normalized spacial score (nSPS) is 18.2. The molecule has 176 valence electrons. The van der Waals surface area contributed by atoms with Gasteiger partial charge in [0.2, 0.25) is 10.0 Å². The second-order valence-corrected chi connectivity index (χ2v) is 10.5. The van der Waals surface area contributed by atoms with Crippen molar-refractivity contribution in [2.75, 3.05) is 25.0 Å². The maximum Gasteiger partial charge on any atom is 0.317 e. The number of hydrogen-bond acceptors (Lipinski definition) is 5. The molecule has 4 rings (SSSR count). The summed E-state index contributed by atoms with van der Waals surface area (Å²) < 4.78 is 46.0. The van der Waals surface area contributed by atoms with E-state index >= 15 is 0 Å². The SMILES string of the molecule is O=C(COC(=O)C1(c2cccc(F)c2)CCCC1)Nc1cccc(S(=O)(=O)N2CCCC2)c1. The molecule has 7 nitrogen and oxygen atoms in total. The molecule has 0 radical (unpaired) electrons. The molecule has 1 N–H and O–H groups in total. The van der Waals surface area contributed by atoms with Crippen LogP contribution in [0.3, 0.4) is 0 Å². The highest BCUT2D eigenvalue weighted by molar-refractivity contribution is 7.89. The number of carbonyl (C=O) groups excluding carboxylic acids is 2. The fourth-order valence-electron chi connectivity index (χ4n) is 4.65. The number of nitrogens with one attached hydrogen (secondary N) is 1. The van der Waals surface area contributed by atoms with Crippen molar-refractivity contribution in [2.45, 2.75) is 48.8 Å². The van der Waals surface area contributed by atoms with Crippen LogP contribution in [0, 0.1) is 5.82 Å². The molecule has 0 spiro atoms. The van der Waals surface area contributed by atoms with Gasteiger partial charge in [0, 0.05) is 18.8 Å². The van der Waals surface area contributed by atoms with E-state index in [-0.39, 0.29) is 4.90 Å². The number of carbonyl (C=O) groups is 2. The molecule has 2 fully saturated rings. The molecule has 0 atom stereocenters. The largest absolute Gasteiger partial charge is 0.455 e. The minimum atomic E-state index is -3.61. The monoisotopic (exact) mass is 474 g/mol. The van der Waals surface area contributed by atoms with Gasteiger partial charge >= 0.3 is 5.97 Å². The first-order valence-corrected chi connectivity index (χ1v) is 12.6. The molecule has 1 heterocycles. The van der Waals surface area contributed by atoms with Gasteiger partial charge in [-0.05, 0) is 61.6 Å². The highest BCUT2D eigenvalue weighted by atomic mass is 32.2. The maximum absolute atomic E-state index is 13.8. The number of hydrogen-bond donors (Lipinski definition) is 1. The Morgan fingerprint density at radius 2 is 1.70 bits per heavy atom. The summed E-state index contributed by atoms with van der Waals surface area (Å²) in [7, 11) is -3.61. The summed E-state index contributed by atoms with van der Waals surface area (Å²) in [5, 5.41) is 2.59. The molecular formula is C24H27FN2O5S. The van der Waals surface area contributed by atoms with Gasteiger partial charge in [0.05, 0.1) is 10.3 Å². The van der Waals surface area contributed by atoms with E-state index in [9.17, 15) is 22.4 Å². The second-order valence-electron chi connectivity index (χ2n) is 8.56. The first-order valence-electron chi connectivity index (χ1n) is 11.1. The molecule has 2 aromatic carbocycles. The lowest BCUT2D eigenvalue weighted by Crippen LogP contribution is -2.36. The van der Waals surface area contributed by atoms with Gasteiger partial charge in [-0.1, -0.05) is 31.0 Å². The minimum absolute atomic E-state index is 0.107. The predicted molar refractivity (Wildman–Crippen MR) is 121 cm³/mol. The predicted octanol–water partition coefficient (Wildman–Crippen LogP) is 3.60. The lowest BCUT2D eigenvalue weighted by molar-refractivity contribution is -0.153. The van der Waals surface area contributed by atoms with Crippen LogP contribution >= 0.6 is 0 Å². The van der Waals surface area contributed by atoms with Gasteiger partial charge in [-0.3, -0.25) is 9.59 Å². The third-order valence-corrected chi connectivity index (χ3v) is 8.27. The number of halogens is 1. The Balaban J connectivity index is 1.41. The van der Waals surface area contributed by atoms with Crippen LogP contribution in [0.4, 0.5) is 10.1 Å². The molecular weight excluding hydrogens is 447 g/mol. The molecule has 0 unspecified atom stereocenters. The van der Waals surface area contributed by atoms with Gasteiger partial charge in [0.25, 0.3) is 5.91 Å². The van der Waals surface area contributed by atoms with E-state index in [4.69, 9.17) is 4.74 Å². The first-order chi connectivity index (χ1) is 15.8. The third-order valence-electron chi connectivity index (χ3n) is 6.38. The van der Waals surface area contributed by atoms with Gasteiger partial charge in [0.1, 0.15) is 5.82 Å². The molecule has 1 amide bonds. The van der Waals surface area contributed by atoms with Gasteiger partial charge in [-0.15, -0.1) is 0 Å². The quantitative estimate of drug-likeness (QED) is 0.619. The van der Waals surface area contributed by atoms with Crippen molar-refractivity contribution in [1.29, 1.82) is 0 Å². The van der Waals surface area contributed by atoms with Gasteiger partial charge in [0.15, 0.2) is 6.61 Å². The minimum Gasteiger partial charge on any atom is -0.455 e. The Morgan fingerprint density at radius 3 is 2.39 bits per heavy atom. The van der Waals surface area contributed by atoms with Crippen molar-refractivity contribution in [3.8, 4) is 0 Å². The van der Waals surface area contributed by atoms with Crippen LogP contribution in [-0.4, -0.2) is 44.3 Å². The molecule has 1 aliphatic carbocycles. The van der Waals surface area contributed by atoms with Crippen LogP contribution in [0.1, 0.15) is 44.1 Å². The number of ether oxygens (including phenoxy) is 1. The lowest BCUT2D eigenvalue weighted by atomic mass is 9.79. The Kier molecular flexibility index (Phi) is 6.81. The zero-order valence-corrected chi connectivity index (χ0v) is 19.1. The smallest absolute Gasteiger partial charge is 0.317 e. The fourth-order valence-corrected chi connectivity index (χ4v) is 6.22. The standard InChI is InChI=1S/C24H27FN2O5S/c25-19-8-5-7-18(15-19)24(11-1-2-12-24)23(29)32-17-22(28)26-20-9-6-10-21(16-20)33(30,31)27-13-3-4-14-27/h5-10,15-16H,1-4,11-14,17H2,(H,26,28). The summed E-state index contributed by atoms with van der Waals surface area (Å²) in [6.45, 7) is 0.461. The van der Waals surface area contributed by atoms with Crippen LogP contribution in [0.5, 0.6) is 0 Å². The van der Waals surface area contributed by atoms with Crippen LogP contribution in [0.25, 0.3) is 0 Å². The van der Waals surface area contributed by atoms with Crippen molar-refractivity contribution in [1.82, 2.24) is 4.31 Å². The highest BCUT2D eigenvalue weighted by Gasteiger charge is 2.44. The highest BCUT2D eigenvalue weighted by Crippen LogP contribution is 2.42. The number of anilines is 1. The van der Waals surface area contributed by atoms with Crippen molar-refractivity contribution in [2.24, 2.45) is 0 Å². The summed E-state index contributed by atoms with van der Waals surface area (Å²) in [5.41, 5.74) is -0.0891. The summed E-state index contributed by atoms with van der Waals surface area (Å²) in [5.74, 6) is -1.55. The fraction of sp³-hybridized carbons (Fsp3) is 0.417. The van der Waals surface area contributed by atoms with Crippen molar-refractivity contribution in [3.05, 3.63) is 59.9 Å². The Morgan fingerprint density at radius 1 is 1.00 bits per heavy atom. The van der Waals surface area contributed by atoms with Crippen LogP contribution in [-0.2, 0) is 29.8 Å². The van der Waals surface area contributed by atoms with Crippen molar-refractivity contribution < 1.29 is 27.1 Å². The average Bonchev–Trinajstić information content (AvgIpc) is 3.51. The molecule has 1 saturated heterocycles. The second kappa shape index (κ2) is 9.61. The van der Waals surface area contributed by atoms with Crippen LogP contribution < -0.4 is 5.32 Å². The zero-order valence-electron chi connectivity index (χ0n) is 18.3. The Labute approximate surface area is 193 Å². The number of esters is 1. The summed E-state index contributed by atoms with van der Waals surface area (Å²) in [6, 6.07) is 12.0. The van der Waals surface area contributed by atoms with Crippen LogP contribution in [0.15, 0.2) is 53.4 Å². The van der Waals surface area contributed by atoms with Crippen molar-refractivity contribution >= 4 is 27.6 Å². The molecule has 0 bridgehead atoms. The molecule has 1 aliphatic heterocycles. The number of amides is 1. The van der Waals surface area contributed by atoms with Gasteiger partial charge in [-0.2, -0.15) is 4.31 Å². The van der Waals surface area contributed by atoms with Gasteiger partial charge in [-0.25, -0.2) is 12.8 Å². The van der Waals surface area contributed by atoms with E-state index in [1.54, 1.807) is 24.3 Å². The molecule has 9 heteroatoms.